The summed E-state index contributed by atoms with van der Waals surface area (Å²) in [5, 5.41) is 15.5. The summed E-state index contributed by atoms with van der Waals surface area (Å²) in [6.07, 6.45) is 4.69. The summed E-state index contributed by atoms with van der Waals surface area (Å²) in [6.45, 7) is 0.119. The van der Waals surface area contributed by atoms with Gasteiger partial charge in [-0.2, -0.15) is 5.10 Å². The van der Waals surface area contributed by atoms with Crippen LogP contribution in [0.25, 0.3) is 0 Å². The Bertz CT molecular complexity index is 404. The van der Waals surface area contributed by atoms with E-state index >= 15 is 0 Å². The molecule has 0 saturated heterocycles. The number of aromatic nitrogens is 3. The molecule has 92 valence electrons. The van der Waals surface area contributed by atoms with Crippen LogP contribution in [0.5, 0.6) is 0 Å². The molecule has 0 bridgehead atoms. The number of amides is 1. The summed E-state index contributed by atoms with van der Waals surface area (Å²) >= 11 is 0. The highest BCUT2D eigenvalue weighted by atomic mass is 16.4. The number of nitrogens with one attached hydrogen (secondary N) is 1. The number of carbonyl (C=O) groups excluding carboxylic acids is 1. The fourth-order valence-corrected chi connectivity index (χ4v) is 2.07. The topological polar surface area (TPSA) is 97.1 Å². The number of nitrogens with zero attached hydrogens (tertiary/aromatic N) is 3. The predicted molar refractivity (Wildman–Crippen MR) is 56.9 cm³/mol. The molecule has 1 fully saturated rings. The van der Waals surface area contributed by atoms with Crippen molar-refractivity contribution in [1.29, 1.82) is 0 Å². The summed E-state index contributed by atoms with van der Waals surface area (Å²) in [5.74, 6) is -1.27. The van der Waals surface area contributed by atoms with E-state index in [1.165, 1.54) is 17.3 Å². The number of carboxylic acid groups (broad SMARTS) is 1. The van der Waals surface area contributed by atoms with Gasteiger partial charge in [0, 0.05) is 6.04 Å². The molecule has 17 heavy (non-hydrogen) atoms. The van der Waals surface area contributed by atoms with Crippen LogP contribution >= 0.6 is 0 Å². The molecule has 1 heterocycles. The minimum Gasteiger partial charge on any atom is -0.481 e. The number of rotatable bonds is 4. The summed E-state index contributed by atoms with van der Waals surface area (Å²) in [4.78, 5) is 26.1. The summed E-state index contributed by atoms with van der Waals surface area (Å²) < 4.78 is 1.43. The van der Waals surface area contributed by atoms with E-state index in [1.54, 1.807) is 0 Å². The second kappa shape index (κ2) is 4.94. The fourth-order valence-electron chi connectivity index (χ4n) is 2.07. The Morgan fingerprint density at radius 2 is 2.29 bits per heavy atom. The first-order valence-electron chi connectivity index (χ1n) is 5.49. The third-order valence-electron chi connectivity index (χ3n) is 2.92. The molecule has 0 spiro atoms. The van der Waals surface area contributed by atoms with Gasteiger partial charge >= 0.3 is 5.97 Å². The first kappa shape index (κ1) is 11.6. The number of aliphatic carboxylic acids is 1. The Balaban J connectivity index is 1.78. The number of hydrogen-bond acceptors (Lipinski definition) is 4. The van der Waals surface area contributed by atoms with Crippen LogP contribution < -0.4 is 5.32 Å². The zero-order valence-electron chi connectivity index (χ0n) is 9.24. The van der Waals surface area contributed by atoms with Crippen molar-refractivity contribution in [3.63, 3.8) is 0 Å². The molecule has 0 unspecified atom stereocenters. The van der Waals surface area contributed by atoms with E-state index in [0.717, 1.165) is 6.42 Å². The first-order valence-corrected chi connectivity index (χ1v) is 5.49. The lowest BCUT2D eigenvalue weighted by Crippen LogP contribution is -2.35. The van der Waals surface area contributed by atoms with Crippen LogP contribution in [0.15, 0.2) is 12.7 Å². The molecule has 7 heteroatoms. The zero-order valence-corrected chi connectivity index (χ0v) is 9.24. The van der Waals surface area contributed by atoms with Crippen molar-refractivity contribution in [2.24, 2.45) is 5.92 Å². The van der Waals surface area contributed by atoms with E-state index < -0.39 is 5.97 Å². The minimum atomic E-state index is -0.780. The summed E-state index contributed by atoms with van der Waals surface area (Å²) in [6, 6.07) is -0.0351. The fraction of sp³-hybridized carbons (Fsp3) is 0.600. The van der Waals surface area contributed by atoms with Gasteiger partial charge in [-0.05, 0) is 19.3 Å². The number of carboxylic acids is 1. The van der Waals surface area contributed by atoms with Crippen LogP contribution in [0.4, 0.5) is 0 Å². The molecule has 2 atom stereocenters. The summed E-state index contributed by atoms with van der Waals surface area (Å²) in [7, 11) is 0. The molecule has 1 aliphatic rings. The van der Waals surface area contributed by atoms with Crippen LogP contribution in [0.1, 0.15) is 19.3 Å². The lowest BCUT2D eigenvalue weighted by molar-refractivity contribution is -0.141. The third-order valence-corrected chi connectivity index (χ3v) is 2.92. The number of carbonyl (C=O) groups is 2. The van der Waals surface area contributed by atoms with E-state index in [4.69, 9.17) is 5.11 Å². The van der Waals surface area contributed by atoms with Crippen molar-refractivity contribution in [2.75, 3.05) is 0 Å². The smallest absolute Gasteiger partial charge is 0.306 e. The molecular weight excluding hydrogens is 224 g/mol. The van der Waals surface area contributed by atoms with Gasteiger partial charge in [0.05, 0.1) is 5.92 Å². The van der Waals surface area contributed by atoms with Gasteiger partial charge in [-0.3, -0.25) is 9.59 Å². The van der Waals surface area contributed by atoms with E-state index in [-0.39, 0.29) is 24.4 Å². The molecule has 1 saturated carbocycles. The van der Waals surface area contributed by atoms with Crippen molar-refractivity contribution in [3.05, 3.63) is 12.7 Å². The zero-order chi connectivity index (χ0) is 12.3. The van der Waals surface area contributed by atoms with Crippen LogP contribution in [0.2, 0.25) is 0 Å². The molecule has 2 rings (SSSR count). The van der Waals surface area contributed by atoms with Gasteiger partial charge in [0.25, 0.3) is 0 Å². The lowest BCUT2D eigenvalue weighted by atomic mass is 10.1. The Kier molecular flexibility index (Phi) is 3.36. The molecule has 0 aliphatic heterocycles. The molecule has 1 aromatic rings. The molecule has 7 nitrogen and oxygen atoms in total. The predicted octanol–water partition coefficient (Wildman–Crippen LogP) is -0.352. The number of hydrogen-bond donors (Lipinski definition) is 2. The van der Waals surface area contributed by atoms with Crippen molar-refractivity contribution in [1.82, 2.24) is 20.1 Å². The van der Waals surface area contributed by atoms with Crippen molar-refractivity contribution in [3.8, 4) is 0 Å². The molecule has 1 aliphatic carbocycles. The molecule has 1 amide bonds. The quantitative estimate of drug-likeness (QED) is 0.747. The maximum Gasteiger partial charge on any atom is 0.306 e. The van der Waals surface area contributed by atoms with Gasteiger partial charge in [0.15, 0.2) is 0 Å². The Morgan fingerprint density at radius 1 is 1.47 bits per heavy atom. The maximum absolute atomic E-state index is 11.6. The SMILES string of the molecule is O=C(Cn1cncn1)N[C@H]1CC[C@@H](C(=O)O)C1. The highest BCUT2D eigenvalue weighted by Crippen LogP contribution is 2.25. The first-order chi connectivity index (χ1) is 8.15. The van der Waals surface area contributed by atoms with Crippen LogP contribution in [0.3, 0.4) is 0 Å². The van der Waals surface area contributed by atoms with Gasteiger partial charge in [0.2, 0.25) is 5.91 Å². The van der Waals surface area contributed by atoms with Crippen molar-refractivity contribution >= 4 is 11.9 Å². The molecule has 2 N–H and O–H groups in total. The Hall–Kier alpha value is -1.92. The molecule has 1 aromatic heterocycles. The van der Waals surface area contributed by atoms with Gasteiger partial charge in [-0.25, -0.2) is 9.67 Å². The highest BCUT2D eigenvalue weighted by Gasteiger charge is 2.30. The van der Waals surface area contributed by atoms with Gasteiger partial charge in [-0.15, -0.1) is 0 Å². The van der Waals surface area contributed by atoms with Gasteiger partial charge in [0.1, 0.15) is 19.2 Å². The van der Waals surface area contributed by atoms with E-state index in [2.05, 4.69) is 15.4 Å². The lowest BCUT2D eigenvalue weighted by Gasteiger charge is -2.12. The molecule has 0 aromatic carbocycles. The van der Waals surface area contributed by atoms with Gasteiger partial charge in [-0.1, -0.05) is 0 Å². The normalized spacial score (nSPS) is 23.5. The largest absolute Gasteiger partial charge is 0.481 e. The van der Waals surface area contributed by atoms with Crippen molar-refractivity contribution in [2.45, 2.75) is 31.8 Å². The Labute approximate surface area is 97.8 Å². The minimum absolute atomic E-state index is 0.0351. The molecular formula is C10H14N4O3. The average molecular weight is 238 g/mol. The summed E-state index contributed by atoms with van der Waals surface area (Å²) in [5.41, 5.74) is 0. The van der Waals surface area contributed by atoms with Crippen molar-refractivity contribution < 1.29 is 14.7 Å². The van der Waals surface area contributed by atoms with E-state index in [1.807, 2.05) is 0 Å². The van der Waals surface area contributed by atoms with Crippen LogP contribution in [-0.2, 0) is 16.1 Å². The van der Waals surface area contributed by atoms with Crippen LogP contribution in [-0.4, -0.2) is 37.8 Å². The monoisotopic (exact) mass is 238 g/mol. The van der Waals surface area contributed by atoms with Crippen LogP contribution in [0, 0.1) is 5.92 Å². The standard InChI is InChI=1S/C10H14N4O3/c15-9(4-14-6-11-5-12-14)13-8-2-1-7(3-8)10(16)17/h5-8H,1-4H2,(H,13,15)(H,16,17)/t7-,8+/m1/s1. The second-order valence-corrected chi connectivity index (χ2v) is 4.21. The highest BCUT2D eigenvalue weighted by molar-refractivity contribution is 5.76. The average Bonchev–Trinajstić information content (AvgIpc) is 2.88. The Morgan fingerprint density at radius 3 is 2.88 bits per heavy atom. The third kappa shape index (κ3) is 3.02. The second-order valence-electron chi connectivity index (χ2n) is 4.21. The van der Waals surface area contributed by atoms with Gasteiger partial charge < -0.3 is 10.4 Å². The maximum atomic E-state index is 11.6. The van der Waals surface area contributed by atoms with E-state index in [9.17, 15) is 9.59 Å². The molecule has 0 radical (unpaired) electrons. The van der Waals surface area contributed by atoms with E-state index in [0.29, 0.717) is 12.8 Å².